The molecule has 0 radical (unpaired) electrons. The Balaban J connectivity index is 2.51. The third-order valence-corrected chi connectivity index (χ3v) is 12.8. The molecule has 0 aliphatic rings. The maximum absolute atomic E-state index is 14.8. The summed E-state index contributed by atoms with van der Waals surface area (Å²) in [4.78, 5) is 153. The van der Waals surface area contributed by atoms with E-state index in [1.54, 1.807) is 109 Å². The molecule has 0 fully saturated rings. The van der Waals surface area contributed by atoms with Gasteiger partial charge in [-0.2, -0.15) is 0 Å². The Morgan fingerprint density at radius 3 is 1.59 bits per heavy atom. The lowest BCUT2D eigenvalue weighted by atomic mass is 9.95. The highest BCUT2D eigenvalue weighted by molar-refractivity contribution is 5.98. The molecule has 0 saturated heterocycles. The molecule has 0 heterocycles. The van der Waals surface area contributed by atoms with Crippen molar-refractivity contribution in [3.63, 3.8) is 0 Å². The van der Waals surface area contributed by atoms with Gasteiger partial charge in [0.25, 0.3) is 0 Å². The van der Waals surface area contributed by atoms with Crippen LogP contribution >= 0.6 is 0 Å². The molecule has 88 heavy (non-hydrogen) atoms. The lowest BCUT2D eigenvalue weighted by Gasteiger charge is -2.33. The van der Waals surface area contributed by atoms with Crippen LogP contribution in [0.4, 0.5) is 9.59 Å². The van der Waals surface area contributed by atoms with Gasteiger partial charge in [-0.15, -0.1) is 0 Å². The number of hydrogen-bond donors (Lipinski definition) is 17. The number of ether oxygens (including phenoxy) is 2. The molecule has 0 aromatic heterocycles. The van der Waals surface area contributed by atoms with E-state index >= 15 is 0 Å². The standard InChI is InChI=1S/C57H89N13O18/c1-29(2)24-36(64-52(82)44(45(75)31(5)6)68-51(81)43(70-55(85)87-28-33-18-13-11-14-19-33)42(34-20-15-12-16-21-34)69-56(86)88-57(8,9)10)47(77)63-35(22-17-23-60-54(58)59)46(76)66-40(30(3)4)50(80)67-41(32(7)73)49(79)61-25-39(74)62-37(26-71)48(78)65-38(27-72)53(83)84/h11-16,18-21,29-32,35-38,40-45,71-73,75H,17,22-28H2,1-10H3,(H,61,79)(H,62,74)(H,63,77)(H,64,82)(H,65,78)(H,66,76)(H,67,80)(H,68,81)(H,69,86)(H,70,85)(H,83,84)(H4,58,59,60)/t32-,35+,36-,37-,38-,40-,41-,42+,43-,44-,45+/m0/s1. The lowest BCUT2D eigenvalue weighted by molar-refractivity contribution is -0.143. The van der Waals surface area contributed by atoms with Crippen LogP contribution in [0.3, 0.4) is 0 Å². The molecule has 2 rings (SSSR count). The number of rotatable bonds is 35. The molecule has 19 N–H and O–H groups in total. The third kappa shape index (κ3) is 26.9. The molecule has 2 aromatic carbocycles. The summed E-state index contributed by atoms with van der Waals surface area (Å²) in [6.45, 7) is 12.4. The quantitative estimate of drug-likeness (QED) is 0.0189. The van der Waals surface area contributed by atoms with Crippen molar-refractivity contribution in [2.45, 2.75) is 167 Å². The molecule has 490 valence electrons. The summed E-state index contributed by atoms with van der Waals surface area (Å²) in [5, 5.41) is 74.1. The first-order valence-electron chi connectivity index (χ1n) is 28.5. The number of amides is 10. The van der Waals surface area contributed by atoms with Gasteiger partial charge in [0.05, 0.1) is 38.0 Å². The van der Waals surface area contributed by atoms with Crippen LogP contribution < -0.4 is 64.6 Å². The zero-order valence-corrected chi connectivity index (χ0v) is 51.2. The second kappa shape index (κ2) is 37.1. The Labute approximate surface area is 510 Å². The van der Waals surface area contributed by atoms with Crippen LogP contribution in [-0.4, -0.2) is 189 Å². The van der Waals surface area contributed by atoms with E-state index < -0.39 is 169 Å². The second-order valence-electron chi connectivity index (χ2n) is 22.7. The minimum absolute atomic E-state index is 0.0400. The van der Waals surface area contributed by atoms with Gasteiger partial charge in [0.1, 0.15) is 60.5 Å². The number of benzene rings is 2. The number of nitrogens with zero attached hydrogens (tertiary/aromatic N) is 1. The molecule has 31 nitrogen and oxygen atoms in total. The van der Waals surface area contributed by atoms with Crippen molar-refractivity contribution in [3.8, 4) is 0 Å². The van der Waals surface area contributed by atoms with E-state index in [0.717, 1.165) is 6.92 Å². The fourth-order valence-corrected chi connectivity index (χ4v) is 8.20. The number of aliphatic carboxylic acids is 1. The molecule has 11 atom stereocenters. The Hall–Kier alpha value is -8.68. The lowest BCUT2D eigenvalue weighted by Crippen LogP contribution is -2.63. The van der Waals surface area contributed by atoms with Crippen molar-refractivity contribution in [1.82, 2.24) is 53.2 Å². The minimum atomic E-state index is -1.86. The van der Waals surface area contributed by atoms with Crippen molar-refractivity contribution in [2.75, 3.05) is 26.3 Å². The number of guanidine groups is 1. The van der Waals surface area contributed by atoms with Crippen LogP contribution in [0.25, 0.3) is 0 Å². The van der Waals surface area contributed by atoms with Gasteiger partial charge in [-0.3, -0.25) is 43.3 Å². The largest absolute Gasteiger partial charge is 0.480 e. The zero-order chi connectivity index (χ0) is 66.6. The molecule has 0 aliphatic heterocycles. The molecule has 0 saturated carbocycles. The topological polar surface area (TPSA) is 492 Å². The molecule has 0 bridgehead atoms. The average Bonchev–Trinajstić information content (AvgIpc) is 2.50. The van der Waals surface area contributed by atoms with Crippen molar-refractivity contribution in [2.24, 2.45) is 34.2 Å². The van der Waals surface area contributed by atoms with Gasteiger partial charge in [0, 0.05) is 6.54 Å². The monoisotopic (exact) mass is 1240 g/mol. The van der Waals surface area contributed by atoms with Crippen molar-refractivity contribution < 1.29 is 87.7 Å². The van der Waals surface area contributed by atoms with Crippen molar-refractivity contribution in [3.05, 3.63) is 71.8 Å². The summed E-state index contributed by atoms with van der Waals surface area (Å²) < 4.78 is 11.0. The number of carbonyl (C=O) groups excluding carboxylic acids is 10. The normalized spacial score (nSPS) is 15.1. The van der Waals surface area contributed by atoms with Crippen LogP contribution in [0, 0.1) is 17.8 Å². The second-order valence-corrected chi connectivity index (χ2v) is 22.7. The zero-order valence-electron chi connectivity index (χ0n) is 51.2. The predicted octanol–water partition coefficient (Wildman–Crippen LogP) is -2.72. The van der Waals surface area contributed by atoms with Crippen molar-refractivity contribution >= 4 is 71.4 Å². The first kappa shape index (κ1) is 75.4. The summed E-state index contributed by atoms with van der Waals surface area (Å²) in [7, 11) is 0. The molecule has 31 heteroatoms. The van der Waals surface area contributed by atoms with Crippen LogP contribution in [0.1, 0.15) is 106 Å². The van der Waals surface area contributed by atoms with Crippen LogP contribution in [-0.2, 0) is 59.2 Å². The van der Waals surface area contributed by atoms with Crippen molar-refractivity contribution in [1.29, 1.82) is 0 Å². The maximum atomic E-state index is 14.8. The first-order chi connectivity index (χ1) is 41.2. The Kier molecular flexibility index (Phi) is 31.8. The van der Waals surface area contributed by atoms with E-state index in [1.807, 2.05) is 5.32 Å². The predicted molar refractivity (Wildman–Crippen MR) is 317 cm³/mol. The maximum Gasteiger partial charge on any atom is 0.408 e. The summed E-state index contributed by atoms with van der Waals surface area (Å²) in [5.74, 6) is -12.2. The number of alkyl carbamates (subject to hydrolysis) is 2. The molecule has 0 unspecified atom stereocenters. The Morgan fingerprint density at radius 1 is 0.557 bits per heavy atom. The number of carboxylic acids is 1. The van der Waals surface area contributed by atoms with E-state index in [4.69, 9.17) is 26.0 Å². The van der Waals surface area contributed by atoms with E-state index in [1.165, 1.54) is 13.8 Å². The van der Waals surface area contributed by atoms with Gasteiger partial charge in [-0.05, 0) is 75.8 Å². The van der Waals surface area contributed by atoms with Gasteiger partial charge in [0.2, 0.25) is 47.3 Å². The number of aliphatic hydroxyl groups is 4. The van der Waals surface area contributed by atoms with Crippen LogP contribution in [0.5, 0.6) is 0 Å². The SMILES string of the molecule is CC(C)C[C@H](NC(=O)[C@@H](NC(=O)[C@@H](NC(=O)OCc1ccccc1)[C@H](NC(=O)OC(C)(C)C)c1ccccc1)[C@H](O)C(C)C)C(=O)N[C@H](CCCN=C(N)N)C(=O)N[C@H](C(=O)N[C@H](C(=O)NCC(=O)N[C@@H](CO)C(=O)N[C@@H](CO)C(=O)O)[C@H](C)O)C(C)C. The molecule has 0 spiro atoms. The highest BCUT2D eigenvalue weighted by Crippen LogP contribution is 2.21. The average molecular weight is 1240 g/mol. The van der Waals surface area contributed by atoms with E-state index in [0.29, 0.717) is 11.1 Å². The highest BCUT2D eigenvalue weighted by atomic mass is 16.6. The number of aliphatic hydroxyl groups excluding tert-OH is 4. The van der Waals surface area contributed by atoms with Gasteiger partial charge in [-0.25, -0.2) is 14.4 Å². The molecule has 10 amide bonds. The van der Waals surface area contributed by atoms with E-state index in [9.17, 15) is 73.2 Å². The van der Waals surface area contributed by atoms with Crippen LogP contribution in [0.15, 0.2) is 65.7 Å². The minimum Gasteiger partial charge on any atom is -0.480 e. The van der Waals surface area contributed by atoms with Gasteiger partial charge < -0.3 is 99.6 Å². The smallest absolute Gasteiger partial charge is 0.408 e. The fraction of sp³-hybridized carbons (Fsp3) is 0.579. The van der Waals surface area contributed by atoms with E-state index in [-0.39, 0.29) is 44.3 Å². The van der Waals surface area contributed by atoms with Gasteiger partial charge in [-0.1, -0.05) is 102 Å². The number of nitrogens with two attached hydrogens (primary N) is 2. The molecule has 2 aromatic rings. The van der Waals surface area contributed by atoms with Gasteiger partial charge in [0.15, 0.2) is 5.96 Å². The summed E-state index contributed by atoms with van der Waals surface area (Å²) in [5.41, 5.74) is 10.9. The summed E-state index contributed by atoms with van der Waals surface area (Å²) >= 11 is 0. The summed E-state index contributed by atoms with van der Waals surface area (Å²) in [6, 6.07) is 1.80. The number of carbonyl (C=O) groups is 11. The third-order valence-electron chi connectivity index (χ3n) is 12.8. The highest BCUT2D eigenvalue weighted by Gasteiger charge is 2.41. The molecular weight excluding hydrogens is 1150 g/mol. The molecular formula is C57H89N13O18. The molecule has 0 aliphatic carbocycles. The number of nitrogens with one attached hydrogen (secondary N) is 10. The van der Waals surface area contributed by atoms with E-state index in [2.05, 4.69) is 52.8 Å². The number of hydrogen-bond acceptors (Lipinski definition) is 18. The number of carboxylic acid groups (broad SMARTS) is 1. The van der Waals surface area contributed by atoms with Crippen LogP contribution in [0.2, 0.25) is 0 Å². The summed E-state index contributed by atoms with van der Waals surface area (Å²) in [6.07, 6.45) is -5.63. The number of aliphatic imine (C=N–C) groups is 1. The fourth-order valence-electron chi connectivity index (χ4n) is 8.20. The van der Waals surface area contributed by atoms with Gasteiger partial charge >= 0.3 is 18.2 Å². The Morgan fingerprint density at radius 2 is 1.07 bits per heavy atom. The first-order valence-corrected chi connectivity index (χ1v) is 28.5. The Bertz CT molecular complexity index is 2670.